The molecule has 0 saturated carbocycles. The summed E-state index contributed by atoms with van der Waals surface area (Å²) in [6, 6.07) is 18.1. The maximum Gasteiger partial charge on any atom is 0.251 e. The van der Waals surface area contributed by atoms with E-state index in [1.807, 2.05) is 42.2 Å². The largest absolute Gasteiger partial charge is 0.351 e. The summed E-state index contributed by atoms with van der Waals surface area (Å²) in [5.74, 6) is 0.404. The molecule has 0 unspecified atom stereocenters. The van der Waals surface area contributed by atoms with Gasteiger partial charge in [-0.3, -0.25) is 9.69 Å². The molecule has 0 spiro atoms. The molecule has 146 valence electrons. The number of nitrogens with zero attached hydrogens (tertiary/aromatic N) is 5. The zero-order valence-electron chi connectivity index (χ0n) is 16.2. The highest BCUT2D eigenvalue weighted by Gasteiger charge is 2.31. The summed E-state index contributed by atoms with van der Waals surface area (Å²) in [6.45, 7) is 6.21. The van der Waals surface area contributed by atoms with Crippen molar-refractivity contribution in [1.82, 2.24) is 25.5 Å². The van der Waals surface area contributed by atoms with E-state index in [9.17, 15) is 4.79 Å². The third-order valence-electron chi connectivity index (χ3n) is 4.82. The summed E-state index contributed by atoms with van der Waals surface area (Å²) in [5.41, 5.74) is 4.14. The Kier molecular flexibility index (Phi) is 5.20. The van der Waals surface area contributed by atoms with E-state index in [2.05, 4.69) is 57.8 Å². The van der Waals surface area contributed by atoms with Gasteiger partial charge in [0.1, 0.15) is 12.6 Å². The minimum Gasteiger partial charge on any atom is -0.351 e. The molecule has 2 heterocycles. The van der Waals surface area contributed by atoms with Gasteiger partial charge in [0.2, 0.25) is 5.91 Å². The van der Waals surface area contributed by atoms with E-state index in [1.165, 1.54) is 5.56 Å². The lowest BCUT2D eigenvalue weighted by molar-refractivity contribution is -0.119. The standard InChI is InChI=1S/C22H22N6O/c1-3-13-23-21(29)15-27-19(18-11-9-16(2)10-12-18)14-20(17-7-5-4-6-8-17)28-22(27)24-25-26-28/h3-12,14,20H,1,13,15H2,2H3,(H,23,29)/t20-/m1/s1. The molecule has 1 aromatic heterocycles. The van der Waals surface area contributed by atoms with Crippen molar-refractivity contribution in [2.45, 2.75) is 13.0 Å². The van der Waals surface area contributed by atoms with Crippen LogP contribution in [-0.4, -0.2) is 39.2 Å². The van der Waals surface area contributed by atoms with Gasteiger partial charge in [-0.1, -0.05) is 71.3 Å². The lowest BCUT2D eigenvalue weighted by Gasteiger charge is -2.32. The Bertz CT molecular complexity index is 1040. The predicted octanol–water partition coefficient (Wildman–Crippen LogP) is 2.73. The summed E-state index contributed by atoms with van der Waals surface area (Å²) >= 11 is 0. The minimum absolute atomic E-state index is 0.107. The van der Waals surface area contributed by atoms with Crippen LogP contribution in [0.2, 0.25) is 0 Å². The molecule has 2 aromatic carbocycles. The number of fused-ring (bicyclic) bond motifs is 1. The molecule has 0 bridgehead atoms. The van der Waals surface area contributed by atoms with Gasteiger partial charge in [0.25, 0.3) is 5.95 Å². The van der Waals surface area contributed by atoms with Gasteiger partial charge in [0.15, 0.2) is 0 Å². The van der Waals surface area contributed by atoms with Crippen molar-refractivity contribution in [3.05, 3.63) is 90.0 Å². The molecule has 1 N–H and O–H groups in total. The van der Waals surface area contributed by atoms with E-state index in [0.29, 0.717) is 12.5 Å². The summed E-state index contributed by atoms with van der Waals surface area (Å²) in [5, 5.41) is 15.1. The predicted molar refractivity (Wildman–Crippen MR) is 112 cm³/mol. The number of benzene rings is 2. The average Bonchev–Trinajstić information content (AvgIpc) is 3.24. The Balaban J connectivity index is 1.79. The van der Waals surface area contributed by atoms with Crippen LogP contribution < -0.4 is 10.2 Å². The van der Waals surface area contributed by atoms with Crippen molar-refractivity contribution in [2.75, 3.05) is 18.0 Å². The summed E-state index contributed by atoms with van der Waals surface area (Å²) in [4.78, 5) is 14.3. The number of carbonyl (C=O) groups is 1. The number of aromatic nitrogens is 4. The van der Waals surface area contributed by atoms with Gasteiger partial charge in [-0.2, -0.15) is 4.68 Å². The molecule has 7 heteroatoms. The minimum atomic E-state index is -0.162. The average molecular weight is 386 g/mol. The molecular weight excluding hydrogens is 364 g/mol. The molecule has 1 aliphatic rings. The number of tetrazole rings is 1. The highest BCUT2D eigenvalue weighted by Crippen LogP contribution is 2.35. The summed E-state index contributed by atoms with van der Waals surface area (Å²) < 4.78 is 1.74. The van der Waals surface area contributed by atoms with E-state index >= 15 is 0 Å². The maximum absolute atomic E-state index is 12.5. The molecule has 1 atom stereocenters. The molecule has 0 saturated heterocycles. The van der Waals surface area contributed by atoms with E-state index < -0.39 is 0 Å². The van der Waals surface area contributed by atoms with E-state index in [4.69, 9.17) is 0 Å². The molecule has 1 amide bonds. The van der Waals surface area contributed by atoms with Gasteiger partial charge in [0.05, 0.1) is 5.70 Å². The van der Waals surface area contributed by atoms with Gasteiger partial charge in [-0.25, -0.2) is 0 Å². The van der Waals surface area contributed by atoms with Crippen LogP contribution in [0.15, 0.2) is 73.3 Å². The lowest BCUT2D eigenvalue weighted by Crippen LogP contribution is -2.40. The van der Waals surface area contributed by atoms with Crippen LogP contribution in [-0.2, 0) is 4.79 Å². The first-order valence-electron chi connectivity index (χ1n) is 9.44. The van der Waals surface area contributed by atoms with Gasteiger partial charge in [-0.15, -0.1) is 6.58 Å². The van der Waals surface area contributed by atoms with Crippen molar-refractivity contribution >= 4 is 17.6 Å². The van der Waals surface area contributed by atoms with Crippen molar-refractivity contribution in [2.24, 2.45) is 0 Å². The first-order valence-corrected chi connectivity index (χ1v) is 9.44. The number of hydrogen-bond donors (Lipinski definition) is 1. The van der Waals surface area contributed by atoms with Crippen LogP contribution in [0.4, 0.5) is 5.95 Å². The Morgan fingerprint density at radius 3 is 2.66 bits per heavy atom. The highest BCUT2D eigenvalue weighted by molar-refractivity contribution is 5.89. The quantitative estimate of drug-likeness (QED) is 0.659. The third-order valence-corrected chi connectivity index (χ3v) is 4.82. The molecule has 3 aromatic rings. The van der Waals surface area contributed by atoms with Crippen molar-refractivity contribution in [3.8, 4) is 0 Å². The fourth-order valence-electron chi connectivity index (χ4n) is 3.37. The van der Waals surface area contributed by atoms with Crippen molar-refractivity contribution < 1.29 is 4.79 Å². The van der Waals surface area contributed by atoms with E-state index in [-0.39, 0.29) is 18.5 Å². The van der Waals surface area contributed by atoms with Crippen molar-refractivity contribution in [3.63, 3.8) is 0 Å². The SMILES string of the molecule is C=CCNC(=O)CN1C(c2ccc(C)cc2)=C[C@H](c2ccccc2)n2nnnc21. The summed E-state index contributed by atoms with van der Waals surface area (Å²) in [7, 11) is 0. The Hall–Kier alpha value is -3.74. The molecule has 7 nitrogen and oxygen atoms in total. The molecule has 0 aliphatic carbocycles. The number of rotatable bonds is 6. The topological polar surface area (TPSA) is 75.9 Å². The van der Waals surface area contributed by atoms with Crippen LogP contribution in [0.3, 0.4) is 0 Å². The number of hydrogen-bond acceptors (Lipinski definition) is 5. The van der Waals surface area contributed by atoms with E-state index in [1.54, 1.807) is 10.8 Å². The number of amides is 1. The second kappa shape index (κ2) is 8.10. The zero-order chi connectivity index (χ0) is 20.2. The lowest BCUT2D eigenvalue weighted by atomic mass is 10.00. The van der Waals surface area contributed by atoms with Crippen LogP contribution in [0, 0.1) is 6.92 Å². The number of nitrogens with one attached hydrogen (secondary N) is 1. The normalized spacial score (nSPS) is 15.4. The second-order valence-electron chi connectivity index (χ2n) is 6.88. The zero-order valence-corrected chi connectivity index (χ0v) is 16.2. The maximum atomic E-state index is 12.5. The van der Waals surface area contributed by atoms with Gasteiger partial charge >= 0.3 is 0 Å². The van der Waals surface area contributed by atoms with Crippen LogP contribution in [0.5, 0.6) is 0 Å². The van der Waals surface area contributed by atoms with Crippen LogP contribution >= 0.6 is 0 Å². The third kappa shape index (κ3) is 3.80. The summed E-state index contributed by atoms with van der Waals surface area (Å²) in [6.07, 6.45) is 3.75. The monoisotopic (exact) mass is 386 g/mol. The molecule has 0 radical (unpaired) electrons. The first kappa shape index (κ1) is 18.6. The highest BCUT2D eigenvalue weighted by atomic mass is 16.2. The first-order chi connectivity index (χ1) is 14.2. The Morgan fingerprint density at radius 2 is 1.93 bits per heavy atom. The fourth-order valence-corrected chi connectivity index (χ4v) is 3.37. The number of allylic oxidation sites excluding steroid dienone is 1. The van der Waals surface area contributed by atoms with Crippen LogP contribution in [0.1, 0.15) is 22.7 Å². The van der Waals surface area contributed by atoms with Crippen LogP contribution in [0.25, 0.3) is 5.70 Å². The van der Waals surface area contributed by atoms with E-state index in [0.717, 1.165) is 16.8 Å². The number of carbonyl (C=O) groups excluding carboxylic acids is 1. The molecule has 29 heavy (non-hydrogen) atoms. The second-order valence-corrected chi connectivity index (χ2v) is 6.88. The number of anilines is 1. The van der Waals surface area contributed by atoms with Gasteiger partial charge in [-0.05, 0) is 34.6 Å². The molecular formula is C22H22N6O. The molecule has 1 aliphatic heterocycles. The molecule has 0 fully saturated rings. The fraction of sp³-hybridized carbons (Fsp3) is 0.182. The Labute approximate surface area is 169 Å². The van der Waals surface area contributed by atoms with Gasteiger partial charge in [0, 0.05) is 6.54 Å². The molecule has 4 rings (SSSR count). The Morgan fingerprint density at radius 1 is 1.17 bits per heavy atom. The van der Waals surface area contributed by atoms with Gasteiger partial charge < -0.3 is 5.32 Å². The van der Waals surface area contributed by atoms with Crippen molar-refractivity contribution in [1.29, 1.82) is 0 Å². The smallest absolute Gasteiger partial charge is 0.251 e. The number of aryl methyl sites for hydroxylation is 1.